The SMILES string of the molecule is CCCCNC(N)=NCc1cn(-c2ccc(OC)cc2)nn1. The molecule has 118 valence electrons. The molecule has 0 bridgehead atoms. The van der Waals surface area contributed by atoms with Gasteiger partial charge in [0.15, 0.2) is 5.96 Å². The van der Waals surface area contributed by atoms with Gasteiger partial charge < -0.3 is 15.8 Å². The van der Waals surface area contributed by atoms with E-state index in [0.717, 1.165) is 36.5 Å². The molecule has 0 atom stereocenters. The number of hydrogen-bond donors (Lipinski definition) is 2. The van der Waals surface area contributed by atoms with Gasteiger partial charge in [0.25, 0.3) is 0 Å². The fraction of sp³-hybridized carbons (Fsp3) is 0.400. The van der Waals surface area contributed by atoms with Gasteiger partial charge in [-0.2, -0.15) is 0 Å². The van der Waals surface area contributed by atoms with Crippen molar-refractivity contribution in [1.29, 1.82) is 0 Å². The minimum absolute atomic E-state index is 0.404. The third-order valence-electron chi connectivity index (χ3n) is 3.13. The number of guanidine groups is 1. The topological polar surface area (TPSA) is 90.3 Å². The van der Waals surface area contributed by atoms with Crippen molar-refractivity contribution in [2.24, 2.45) is 10.7 Å². The summed E-state index contributed by atoms with van der Waals surface area (Å²) in [6, 6.07) is 7.59. The first kappa shape index (κ1) is 15.8. The maximum Gasteiger partial charge on any atom is 0.188 e. The summed E-state index contributed by atoms with van der Waals surface area (Å²) in [5.41, 5.74) is 7.46. The Morgan fingerprint density at radius 3 is 2.82 bits per heavy atom. The fourth-order valence-electron chi connectivity index (χ4n) is 1.85. The van der Waals surface area contributed by atoms with Crippen LogP contribution in [0.4, 0.5) is 0 Å². The first-order valence-corrected chi connectivity index (χ1v) is 7.32. The fourth-order valence-corrected chi connectivity index (χ4v) is 1.85. The van der Waals surface area contributed by atoms with Crippen LogP contribution in [0.25, 0.3) is 5.69 Å². The predicted molar refractivity (Wildman–Crippen MR) is 86.1 cm³/mol. The zero-order valence-electron chi connectivity index (χ0n) is 13.0. The van der Waals surface area contributed by atoms with Crippen LogP contribution in [0.1, 0.15) is 25.5 Å². The second-order valence-corrected chi connectivity index (χ2v) is 4.83. The highest BCUT2D eigenvalue weighted by atomic mass is 16.5. The Morgan fingerprint density at radius 2 is 2.14 bits per heavy atom. The molecule has 0 saturated carbocycles. The molecule has 3 N–H and O–H groups in total. The molecule has 2 rings (SSSR count). The van der Waals surface area contributed by atoms with Gasteiger partial charge in [0.1, 0.15) is 11.4 Å². The van der Waals surface area contributed by atoms with Crippen LogP contribution in [0.15, 0.2) is 35.5 Å². The number of nitrogens with one attached hydrogen (secondary N) is 1. The maximum absolute atomic E-state index is 5.78. The molecule has 0 fully saturated rings. The summed E-state index contributed by atoms with van der Waals surface area (Å²) in [4.78, 5) is 4.25. The van der Waals surface area contributed by atoms with Gasteiger partial charge in [-0.25, -0.2) is 9.67 Å². The lowest BCUT2D eigenvalue weighted by atomic mass is 10.3. The lowest BCUT2D eigenvalue weighted by Crippen LogP contribution is -2.32. The zero-order chi connectivity index (χ0) is 15.8. The standard InChI is InChI=1S/C15H22N6O/c1-3-4-9-17-15(16)18-10-12-11-21(20-19-12)13-5-7-14(22-2)8-6-13/h5-8,11H,3-4,9-10H2,1-2H3,(H3,16,17,18). The maximum atomic E-state index is 5.78. The Hall–Kier alpha value is -2.57. The molecule has 1 heterocycles. The van der Waals surface area contributed by atoms with Crippen LogP contribution >= 0.6 is 0 Å². The molecular formula is C15H22N6O. The zero-order valence-corrected chi connectivity index (χ0v) is 13.0. The average molecular weight is 302 g/mol. The number of nitrogens with two attached hydrogens (primary N) is 1. The molecular weight excluding hydrogens is 280 g/mol. The number of hydrogen-bond acceptors (Lipinski definition) is 4. The van der Waals surface area contributed by atoms with E-state index in [-0.39, 0.29) is 0 Å². The highest BCUT2D eigenvalue weighted by Crippen LogP contribution is 2.14. The van der Waals surface area contributed by atoms with Crippen LogP contribution in [0.2, 0.25) is 0 Å². The van der Waals surface area contributed by atoms with Gasteiger partial charge in [-0.05, 0) is 30.7 Å². The molecule has 0 spiro atoms. The summed E-state index contributed by atoms with van der Waals surface area (Å²) in [5, 5.41) is 11.2. The summed E-state index contributed by atoms with van der Waals surface area (Å²) < 4.78 is 6.83. The Balaban J connectivity index is 1.94. The summed E-state index contributed by atoms with van der Waals surface area (Å²) in [6.45, 7) is 3.37. The number of methoxy groups -OCH3 is 1. The first-order chi connectivity index (χ1) is 10.7. The average Bonchev–Trinajstić information content (AvgIpc) is 3.02. The van der Waals surface area contributed by atoms with Gasteiger partial charge in [-0.15, -0.1) is 5.10 Å². The number of aliphatic imine (C=N–C) groups is 1. The van der Waals surface area contributed by atoms with Crippen molar-refractivity contribution in [1.82, 2.24) is 20.3 Å². The van der Waals surface area contributed by atoms with E-state index in [9.17, 15) is 0 Å². The Bertz CT molecular complexity index is 605. The van der Waals surface area contributed by atoms with Crippen molar-refractivity contribution >= 4 is 5.96 Å². The van der Waals surface area contributed by atoms with E-state index in [1.165, 1.54) is 0 Å². The first-order valence-electron chi connectivity index (χ1n) is 7.32. The normalized spacial score (nSPS) is 11.5. The van der Waals surface area contributed by atoms with E-state index in [0.29, 0.717) is 12.5 Å². The third kappa shape index (κ3) is 4.47. The lowest BCUT2D eigenvalue weighted by Gasteiger charge is -2.03. The monoisotopic (exact) mass is 302 g/mol. The van der Waals surface area contributed by atoms with E-state index < -0.39 is 0 Å². The summed E-state index contributed by atoms with van der Waals surface area (Å²) in [5.74, 6) is 1.24. The molecule has 7 heteroatoms. The van der Waals surface area contributed by atoms with Gasteiger partial charge in [0.05, 0.1) is 25.5 Å². The van der Waals surface area contributed by atoms with Gasteiger partial charge in [-0.1, -0.05) is 18.6 Å². The Kier molecular flexibility index (Phi) is 5.76. The van der Waals surface area contributed by atoms with Gasteiger partial charge in [-0.3, -0.25) is 0 Å². The van der Waals surface area contributed by atoms with Crippen LogP contribution in [0.3, 0.4) is 0 Å². The molecule has 0 aliphatic rings. The van der Waals surface area contributed by atoms with Crippen molar-refractivity contribution in [3.8, 4) is 11.4 Å². The molecule has 0 amide bonds. The van der Waals surface area contributed by atoms with Gasteiger partial charge in [0, 0.05) is 6.54 Å². The molecule has 1 aromatic heterocycles. The molecule has 7 nitrogen and oxygen atoms in total. The van der Waals surface area contributed by atoms with E-state index in [1.54, 1.807) is 11.8 Å². The molecule has 0 radical (unpaired) electrons. The molecule has 0 aliphatic heterocycles. The number of benzene rings is 1. The number of unbranched alkanes of at least 4 members (excludes halogenated alkanes) is 1. The van der Waals surface area contributed by atoms with Gasteiger partial charge in [0.2, 0.25) is 0 Å². The van der Waals surface area contributed by atoms with Crippen molar-refractivity contribution in [2.75, 3.05) is 13.7 Å². The van der Waals surface area contributed by atoms with E-state index in [2.05, 4.69) is 27.5 Å². The Morgan fingerprint density at radius 1 is 1.36 bits per heavy atom. The second-order valence-electron chi connectivity index (χ2n) is 4.83. The largest absolute Gasteiger partial charge is 0.497 e. The van der Waals surface area contributed by atoms with Crippen LogP contribution in [0, 0.1) is 0 Å². The van der Waals surface area contributed by atoms with Crippen LogP contribution < -0.4 is 15.8 Å². The molecule has 22 heavy (non-hydrogen) atoms. The van der Waals surface area contributed by atoms with Crippen LogP contribution in [0.5, 0.6) is 5.75 Å². The molecule has 0 unspecified atom stereocenters. The smallest absolute Gasteiger partial charge is 0.188 e. The lowest BCUT2D eigenvalue weighted by molar-refractivity contribution is 0.414. The molecule has 2 aromatic rings. The quantitative estimate of drug-likeness (QED) is 0.459. The van der Waals surface area contributed by atoms with Crippen molar-refractivity contribution < 1.29 is 4.74 Å². The minimum atomic E-state index is 0.404. The predicted octanol–water partition coefficient (Wildman–Crippen LogP) is 1.48. The van der Waals surface area contributed by atoms with Crippen LogP contribution in [-0.4, -0.2) is 34.6 Å². The second kappa shape index (κ2) is 8.02. The summed E-state index contributed by atoms with van der Waals surface area (Å²) >= 11 is 0. The number of rotatable bonds is 7. The number of nitrogens with zero attached hydrogens (tertiary/aromatic N) is 4. The molecule has 0 saturated heterocycles. The summed E-state index contributed by atoms with van der Waals surface area (Å²) in [7, 11) is 1.64. The van der Waals surface area contributed by atoms with E-state index in [4.69, 9.17) is 10.5 Å². The van der Waals surface area contributed by atoms with Crippen molar-refractivity contribution in [2.45, 2.75) is 26.3 Å². The molecule has 1 aromatic carbocycles. The molecule has 0 aliphatic carbocycles. The minimum Gasteiger partial charge on any atom is -0.497 e. The van der Waals surface area contributed by atoms with Gasteiger partial charge >= 0.3 is 0 Å². The van der Waals surface area contributed by atoms with Crippen molar-refractivity contribution in [3.63, 3.8) is 0 Å². The highest BCUT2D eigenvalue weighted by Gasteiger charge is 2.03. The van der Waals surface area contributed by atoms with E-state index in [1.807, 2.05) is 30.5 Å². The third-order valence-corrected chi connectivity index (χ3v) is 3.13. The number of ether oxygens (including phenoxy) is 1. The Labute approximate surface area is 130 Å². The van der Waals surface area contributed by atoms with E-state index >= 15 is 0 Å². The highest BCUT2D eigenvalue weighted by molar-refractivity contribution is 5.77. The summed E-state index contributed by atoms with van der Waals surface area (Å²) in [6.07, 6.45) is 4.03. The van der Waals surface area contributed by atoms with Crippen molar-refractivity contribution in [3.05, 3.63) is 36.2 Å². The van der Waals surface area contributed by atoms with Crippen LogP contribution in [-0.2, 0) is 6.54 Å². The number of aromatic nitrogens is 3.